The van der Waals surface area contributed by atoms with Crippen LogP contribution in [0.4, 0.5) is 10.5 Å². The summed E-state index contributed by atoms with van der Waals surface area (Å²) >= 11 is 0. The summed E-state index contributed by atoms with van der Waals surface area (Å²) in [6.45, 7) is 8.93. The van der Waals surface area contributed by atoms with E-state index in [-0.39, 0.29) is 18.0 Å². The van der Waals surface area contributed by atoms with E-state index in [0.29, 0.717) is 12.0 Å². The Bertz CT molecular complexity index is 925. The number of amides is 3. The van der Waals surface area contributed by atoms with Gasteiger partial charge in [0.2, 0.25) is 11.8 Å². The van der Waals surface area contributed by atoms with E-state index in [4.69, 9.17) is 9.29 Å². The molecule has 186 valence electrons. The van der Waals surface area contributed by atoms with Gasteiger partial charge in [0.05, 0.1) is 5.69 Å². The number of ether oxygens (including phenoxy) is 1. The van der Waals surface area contributed by atoms with Gasteiger partial charge in [-0.1, -0.05) is 26.0 Å². The molecule has 1 aromatic rings. The molecule has 12 heteroatoms. The molecule has 11 nitrogen and oxygen atoms in total. The van der Waals surface area contributed by atoms with Crippen LogP contribution in [-0.4, -0.2) is 55.6 Å². The maximum Gasteiger partial charge on any atom is 0.408 e. The van der Waals surface area contributed by atoms with E-state index in [1.54, 1.807) is 32.9 Å². The average Bonchev–Trinajstić information content (AvgIpc) is 2.64. The number of hydrogen-bond acceptors (Lipinski definition) is 6. The molecule has 2 atom stereocenters. The first-order valence-electron chi connectivity index (χ1n) is 10.4. The van der Waals surface area contributed by atoms with E-state index in [2.05, 4.69) is 16.0 Å². The summed E-state index contributed by atoms with van der Waals surface area (Å²) in [5.41, 5.74) is 0.0369. The molecule has 0 fully saturated rings. The average molecular weight is 487 g/mol. The van der Waals surface area contributed by atoms with E-state index >= 15 is 0 Å². The summed E-state index contributed by atoms with van der Waals surface area (Å²) in [5, 5.41) is 7.73. The highest BCUT2D eigenvalue weighted by Gasteiger charge is 2.28. The van der Waals surface area contributed by atoms with Crippen LogP contribution in [-0.2, 0) is 31.1 Å². The second kappa shape index (κ2) is 11.8. The standard InChI is InChI=1S/C21H34N4O7S/c1-13(2)11-16(24-20(28)32-21(3,4)5)19(27)23-17(18(26)22-6)12-14-7-9-15(10-8-14)25-33(29,30)31/h7-10,13,16-17,25H,11-12H2,1-6H3,(H,22,26)(H,23,27)(H,24,28)(H,29,30,31)/t16-,17+/m1/s1. The Morgan fingerprint density at radius 2 is 1.58 bits per heavy atom. The number of likely N-dealkylation sites (N-methyl/N-ethyl adjacent to an activating group) is 1. The third-order valence-corrected chi connectivity index (χ3v) is 4.73. The molecule has 0 aliphatic carbocycles. The van der Waals surface area contributed by atoms with Crippen LogP contribution in [0, 0.1) is 5.92 Å². The minimum Gasteiger partial charge on any atom is -0.444 e. The van der Waals surface area contributed by atoms with Gasteiger partial charge in [-0.15, -0.1) is 0 Å². The minimum absolute atomic E-state index is 0.0805. The molecule has 5 N–H and O–H groups in total. The fraction of sp³-hybridized carbons (Fsp3) is 0.571. The molecule has 0 heterocycles. The highest BCUT2D eigenvalue weighted by atomic mass is 32.2. The number of anilines is 1. The van der Waals surface area contributed by atoms with Gasteiger partial charge in [-0.05, 0) is 50.8 Å². The summed E-state index contributed by atoms with van der Waals surface area (Å²) in [6, 6.07) is 4.08. The summed E-state index contributed by atoms with van der Waals surface area (Å²) < 4.78 is 37.8. The molecular formula is C21H34N4O7S. The first-order valence-corrected chi connectivity index (χ1v) is 11.9. The Morgan fingerprint density at radius 1 is 1.00 bits per heavy atom. The Hall–Kier alpha value is -2.86. The number of rotatable bonds is 10. The normalized spacial score (nSPS) is 13.6. The monoisotopic (exact) mass is 486 g/mol. The predicted octanol–water partition coefficient (Wildman–Crippen LogP) is 1.61. The van der Waals surface area contributed by atoms with Gasteiger partial charge in [-0.3, -0.25) is 18.9 Å². The maximum absolute atomic E-state index is 12.9. The third-order valence-electron chi connectivity index (χ3n) is 4.23. The quantitative estimate of drug-likeness (QED) is 0.314. The number of nitrogens with one attached hydrogen (secondary N) is 4. The number of hydrogen-bond donors (Lipinski definition) is 5. The van der Waals surface area contributed by atoms with Crippen LogP contribution in [0.5, 0.6) is 0 Å². The Labute approximate surface area is 194 Å². The lowest BCUT2D eigenvalue weighted by molar-refractivity contribution is -0.130. The zero-order chi connectivity index (χ0) is 25.4. The smallest absolute Gasteiger partial charge is 0.408 e. The fourth-order valence-corrected chi connectivity index (χ4v) is 3.34. The van der Waals surface area contributed by atoms with Crippen LogP contribution in [0.2, 0.25) is 0 Å². The minimum atomic E-state index is -4.40. The zero-order valence-electron chi connectivity index (χ0n) is 19.8. The van der Waals surface area contributed by atoms with Crippen LogP contribution in [0.1, 0.15) is 46.6 Å². The van der Waals surface area contributed by atoms with Crippen molar-refractivity contribution in [3.8, 4) is 0 Å². The van der Waals surface area contributed by atoms with Crippen molar-refractivity contribution in [3.05, 3.63) is 29.8 Å². The molecular weight excluding hydrogens is 452 g/mol. The molecule has 33 heavy (non-hydrogen) atoms. The Morgan fingerprint density at radius 3 is 2.03 bits per heavy atom. The van der Waals surface area contributed by atoms with Gasteiger partial charge in [0.1, 0.15) is 17.7 Å². The molecule has 0 aliphatic heterocycles. The van der Waals surface area contributed by atoms with E-state index in [9.17, 15) is 22.8 Å². The summed E-state index contributed by atoms with van der Waals surface area (Å²) in [6.07, 6.45) is -0.290. The Kier molecular flexibility index (Phi) is 10.1. The largest absolute Gasteiger partial charge is 0.444 e. The van der Waals surface area contributed by atoms with Gasteiger partial charge < -0.3 is 20.7 Å². The molecule has 1 aromatic carbocycles. The second-order valence-corrected chi connectivity index (χ2v) is 10.1. The fourth-order valence-electron chi connectivity index (χ4n) is 2.90. The molecule has 0 unspecified atom stereocenters. The second-order valence-electron chi connectivity index (χ2n) is 8.98. The molecule has 1 rings (SSSR count). The van der Waals surface area contributed by atoms with Gasteiger partial charge in [0.15, 0.2) is 0 Å². The van der Waals surface area contributed by atoms with Crippen LogP contribution in [0.25, 0.3) is 0 Å². The highest BCUT2D eigenvalue weighted by molar-refractivity contribution is 7.87. The first-order chi connectivity index (χ1) is 15.1. The van der Waals surface area contributed by atoms with Crippen LogP contribution in [0.15, 0.2) is 24.3 Å². The maximum atomic E-state index is 12.9. The van der Waals surface area contributed by atoms with Gasteiger partial charge >= 0.3 is 16.4 Å². The number of alkyl carbamates (subject to hydrolysis) is 1. The van der Waals surface area contributed by atoms with E-state index in [1.807, 2.05) is 18.6 Å². The van der Waals surface area contributed by atoms with Crippen LogP contribution in [0.3, 0.4) is 0 Å². The lowest BCUT2D eigenvalue weighted by atomic mass is 10.0. The van der Waals surface area contributed by atoms with Crippen molar-refractivity contribution < 1.29 is 32.1 Å². The Balaban J connectivity index is 2.96. The molecule has 0 saturated heterocycles. The molecule has 0 spiro atoms. The van der Waals surface area contributed by atoms with Crippen molar-refractivity contribution in [2.75, 3.05) is 11.8 Å². The van der Waals surface area contributed by atoms with Crippen molar-refractivity contribution in [3.63, 3.8) is 0 Å². The number of carbonyl (C=O) groups excluding carboxylic acids is 3. The van der Waals surface area contributed by atoms with E-state index < -0.39 is 45.9 Å². The lowest BCUT2D eigenvalue weighted by Gasteiger charge is -2.26. The van der Waals surface area contributed by atoms with Crippen molar-refractivity contribution in [2.24, 2.45) is 5.92 Å². The topological polar surface area (TPSA) is 163 Å². The van der Waals surface area contributed by atoms with Crippen molar-refractivity contribution in [1.82, 2.24) is 16.0 Å². The SMILES string of the molecule is CNC(=O)[C@H](Cc1ccc(NS(=O)(=O)O)cc1)NC(=O)[C@@H](CC(C)C)NC(=O)OC(C)(C)C. The third kappa shape index (κ3) is 11.5. The summed E-state index contributed by atoms with van der Waals surface area (Å²) in [4.78, 5) is 37.5. The molecule has 0 saturated carbocycles. The molecule has 3 amide bonds. The van der Waals surface area contributed by atoms with E-state index in [1.165, 1.54) is 19.2 Å². The molecule has 0 aromatic heterocycles. The van der Waals surface area contributed by atoms with Gasteiger partial charge in [0, 0.05) is 13.5 Å². The molecule has 0 aliphatic rings. The number of carbonyl (C=O) groups is 3. The predicted molar refractivity (Wildman–Crippen MR) is 124 cm³/mol. The summed E-state index contributed by atoms with van der Waals surface area (Å²) in [5.74, 6) is -0.895. The zero-order valence-corrected chi connectivity index (χ0v) is 20.6. The van der Waals surface area contributed by atoms with Crippen molar-refractivity contribution >= 4 is 33.9 Å². The van der Waals surface area contributed by atoms with Gasteiger partial charge in [0.25, 0.3) is 0 Å². The lowest BCUT2D eigenvalue weighted by Crippen LogP contribution is -2.54. The van der Waals surface area contributed by atoms with Crippen molar-refractivity contribution in [2.45, 2.75) is 65.1 Å². The summed E-state index contributed by atoms with van der Waals surface area (Å²) in [7, 11) is -2.97. The number of benzene rings is 1. The van der Waals surface area contributed by atoms with Gasteiger partial charge in [-0.25, -0.2) is 4.79 Å². The van der Waals surface area contributed by atoms with Gasteiger partial charge in [-0.2, -0.15) is 8.42 Å². The highest BCUT2D eigenvalue weighted by Crippen LogP contribution is 2.14. The van der Waals surface area contributed by atoms with Crippen molar-refractivity contribution in [1.29, 1.82) is 0 Å². The first kappa shape index (κ1) is 28.2. The molecule has 0 bridgehead atoms. The molecule has 0 radical (unpaired) electrons. The van der Waals surface area contributed by atoms with Crippen LogP contribution < -0.4 is 20.7 Å². The van der Waals surface area contributed by atoms with Crippen LogP contribution >= 0.6 is 0 Å². The van der Waals surface area contributed by atoms with E-state index in [0.717, 1.165) is 0 Å².